The summed E-state index contributed by atoms with van der Waals surface area (Å²) in [6, 6.07) is 5.77. The van der Waals surface area contributed by atoms with Crippen LogP contribution < -0.4 is 19.7 Å². The molecule has 1 N–H and O–H groups in total. The Morgan fingerprint density at radius 3 is 2.57 bits per heavy atom. The van der Waals surface area contributed by atoms with Crippen molar-refractivity contribution in [3.63, 3.8) is 0 Å². The number of aromatic nitrogens is 3. The molecule has 4 rings (SSSR count). The summed E-state index contributed by atoms with van der Waals surface area (Å²) in [5.74, 6) is 2.28. The molecule has 0 saturated carbocycles. The number of hydrogen-bond acceptors (Lipinski definition) is 9. The van der Waals surface area contributed by atoms with Gasteiger partial charge in [0.1, 0.15) is 0 Å². The zero-order valence-electron chi connectivity index (χ0n) is 16.2. The fourth-order valence-corrected chi connectivity index (χ4v) is 3.56. The molecule has 0 amide bonds. The molecule has 9 nitrogen and oxygen atoms in total. The summed E-state index contributed by atoms with van der Waals surface area (Å²) in [5, 5.41) is 11.4. The number of ether oxygens (including phenoxy) is 4. The Hall–Kier alpha value is -2.65. The molecule has 28 heavy (non-hydrogen) atoms. The number of anilines is 2. The molecule has 0 atom stereocenters. The molecule has 2 aliphatic rings. The van der Waals surface area contributed by atoms with E-state index in [1.165, 1.54) is 0 Å². The lowest BCUT2D eigenvalue weighted by Gasteiger charge is -2.37. The summed E-state index contributed by atoms with van der Waals surface area (Å²) in [6.07, 6.45) is 3.34. The number of rotatable bonds is 6. The highest BCUT2D eigenvalue weighted by atomic mass is 16.7. The van der Waals surface area contributed by atoms with E-state index in [1.54, 1.807) is 20.4 Å². The summed E-state index contributed by atoms with van der Waals surface area (Å²) >= 11 is 0. The lowest BCUT2D eigenvalue weighted by Crippen LogP contribution is -2.45. The molecule has 2 fully saturated rings. The van der Waals surface area contributed by atoms with Crippen LogP contribution >= 0.6 is 0 Å². The largest absolute Gasteiger partial charge is 0.493 e. The molecular formula is C19H25N5O4. The highest BCUT2D eigenvalue weighted by Gasteiger charge is 2.40. The second-order valence-corrected chi connectivity index (χ2v) is 6.78. The molecule has 2 saturated heterocycles. The molecule has 1 spiro atoms. The van der Waals surface area contributed by atoms with Crippen LogP contribution in [0.4, 0.5) is 11.8 Å². The molecule has 0 radical (unpaired) electrons. The van der Waals surface area contributed by atoms with E-state index in [4.69, 9.17) is 18.9 Å². The van der Waals surface area contributed by atoms with Gasteiger partial charge in [0.15, 0.2) is 23.1 Å². The average Bonchev–Trinajstić information content (AvgIpc) is 3.20. The van der Waals surface area contributed by atoms with Gasteiger partial charge in [0.2, 0.25) is 5.95 Å². The number of nitrogens with zero attached hydrogens (tertiary/aromatic N) is 4. The SMILES string of the molecule is COc1ccc(CNc2nncc(N3CCC4(CC3)OCCO4)n2)cc1OC. The van der Waals surface area contributed by atoms with Crippen LogP contribution in [0.3, 0.4) is 0 Å². The van der Waals surface area contributed by atoms with Crippen LogP contribution in [-0.4, -0.2) is 61.5 Å². The zero-order chi connectivity index (χ0) is 19.4. The normalized spacial score (nSPS) is 18.3. The van der Waals surface area contributed by atoms with Gasteiger partial charge in [0, 0.05) is 32.5 Å². The van der Waals surface area contributed by atoms with Crippen molar-refractivity contribution < 1.29 is 18.9 Å². The summed E-state index contributed by atoms with van der Waals surface area (Å²) in [7, 11) is 3.24. The van der Waals surface area contributed by atoms with Crippen LogP contribution in [0, 0.1) is 0 Å². The molecule has 3 heterocycles. The smallest absolute Gasteiger partial charge is 0.244 e. The van der Waals surface area contributed by atoms with Crippen LogP contribution in [0.1, 0.15) is 18.4 Å². The summed E-state index contributed by atoms with van der Waals surface area (Å²) in [5.41, 5.74) is 1.03. The number of nitrogens with one attached hydrogen (secondary N) is 1. The maximum atomic E-state index is 5.78. The standard InChI is InChI=1S/C19H25N5O4/c1-25-15-4-3-14(11-16(15)26-2)12-20-18-22-17(13-21-23-18)24-7-5-19(6-8-24)27-9-10-28-19/h3-4,11,13H,5-10,12H2,1-2H3,(H,20,22,23). The first-order valence-corrected chi connectivity index (χ1v) is 9.39. The van der Waals surface area contributed by atoms with Gasteiger partial charge < -0.3 is 29.2 Å². The average molecular weight is 387 g/mol. The lowest BCUT2D eigenvalue weighted by molar-refractivity contribution is -0.169. The second kappa shape index (κ2) is 8.15. The van der Waals surface area contributed by atoms with E-state index in [2.05, 4.69) is 25.4 Å². The molecule has 0 aliphatic carbocycles. The predicted molar refractivity (Wildman–Crippen MR) is 103 cm³/mol. The monoisotopic (exact) mass is 387 g/mol. The number of piperidine rings is 1. The molecule has 9 heteroatoms. The van der Waals surface area contributed by atoms with Crippen molar-refractivity contribution >= 4 is 11.8 Å². The Morgan fingerprint density at radius 1 is 1.11 bits per heavy atom. The van der Waals surface area contributed by atoms with Crippen molar-refractivity contribution in [3.8, 4) is 11.5 Å². The third-order valence-corrected chi connectivity index (χ3v) is 5.11. The van der Waals surface area contributed by atoms with Crippen molar-refractivity contribution in [1.29, 1.82) is 0 Å². The molecule has 0 unspecified atom stereocenters. The Kier molecular flexibility index (Phi) is 5.45. The van der Waals surface area contributed by atoms with E-state index >= 15 is 0 Å². The van der Waals surface area contributed by atoms with Gasteiger partial charge >= 0.3 is 0 Å². The highest BCUT2D eigenvalue weighted by Crippen LogP contribution is 2.32. The molecule has 150 valence electrons. The minimum absolute atomic E-state index is 0.397. The van der Waals surface area contributed by atoms with Crippen LogP contribution in [0.2, 0.25) is 0 Å². The third-order valence-electron chi connectivity index (χ3n) is 5.11. The summed E-state index contributed by atoms with van der Waals surface area (Å²) < 4.78 is 22.2. The van der Waals surface area contributed by atoms with Gasteiger partial charge in [-0.2, -0.15) is 10.1 Å². The van der Waals surface area contributed by atoms with Gasteiger partial charge in [-0.05, 0) is 17.7 Å². The Balaban J connectivity index is 1.38. The van der Waals surface area contributed by atoms with Crippen LogP contribution in [0.15, 0.2) is 24.4 Å². The zero-order valence-corrected chi connectivity index (χ0v) is 16.2. The molecule has 1 aromatic heterocycles. The summed E-state index contributed by atoms with van der Waals surface area (Å²) in [6.45, 7) is 3.54. The van der Waals surface area contributed by atoms with Gasteiger partial charge in [-0.15, -0.1) is 5.10 Å². The Bertz CT molecular complexity index is 803. The van der Waals surface area contributed by atoms with Gasteiger partial charge in [-0.25, -0.2) is 0 Å². The van der Waals surface area contributed by atoms with E-state index in [0.717, 1.165) is 37.3 Å². The van der Waals surface area contributed by atoms with Gasteiger partial charge in [0.25, 0.3) is 0 Å². The molecule has 0 bridgehead atoms. The molecular weight excluding hydrogens is 362 g/mol. The van der Waals surface area contributed by atoms with Crippen LogP contribution in [0.25, 0.3) is 0 Å². The minimum Gasteiger partial charge on any atom is -0.493 e. The quantitative estimate of drug-likeness (QED) is 0.797. The van der Waals surface area contributed by atoms with Crippen molar-refractivity contribution in [3.05, 3.63) is 30.0 Å². The van der Waals surface area contributed by atoms with Gasteiger partial charge in [0.05, 0.1) is 33.6 Å². The van der Waals surface area contributed by atoms with Crippen LogP contribution in [0.5, 0.6) is 11.5 Å². The van der Waals surface area contributed by atoms with Crippen LogP contribution in [-0.2, 0) is 16.0 Å². The number of benzene rings is 1. The molecule has 2 aliphatic heterocycles. The minimum atomic E-state index is -0.397. The van der Waals surface area contributed by atoms with E-state index in [1.807, 2.05) is 18.2 Å². The lowest BCUT2D eigenvalue weighted by atomic mass is 10.0. The first-order valence-electron chi connectivity index (χ1n) is 9.39. The predicted octanol–water partition coefficient (Wildman–Crippen LogP) is 1.84. The summed E-state index contributed by atoms with van der Waals surface area (Å²) in [4.78, 5) is 6.79. The fourth-order valence-electron chi connectivity index (χ4n) is 3.56. The fraction of sp³-hybridized carbons (Fsp3) is 0.526. The van der Waals surface area contributed by atoms with Crippen molar-refractivity contribution in [2.45, 2.75) is 25.2 Å². The number of methoxy groups -OCH3 is 2. The van der Waals surface area contributed by atoms with E-state index < -0.39 is 5.79 Å². The maximum Gasteiger partial charge on any atom is 0.244 e. The second-order valence-electron chi connectivity index (χ2n) is 6.78. The highest BCUT2D eigenvalue weighted by molar-refractivity contribution is 5.45. The third kappa shape index (κ3) is 3.95. The van der Waals surface area contributed by atoms with E-state index in [0.29, 0.717) is 37.2 Å². The van der Waals surface area contributed by atoms with E-state index in [-0.39, 0.29) is 0 Å². The Labute approximate surface area is 164 Å². The maximum absolute atomic E-state index is 5.78. The van der Waals surface area contributed by atoms with Crippen molar-refractivity contribution in [2.75, 3.05) is 50.7 Å². The first kappa shape index (κ1) is 18.7. The van der Waals surface area contributed by atoms with Gasteiger partial charge in [-0.1, -0.05) is 6.07 Å². The molecule has 2 aromatic rings. The van der Waals surface area contributed by atoms with Crippen molar-refractivity contribution in [1.82, 2.24) is 15.2 Å². The van der Waals surface area contributed by atoms with E-state index in [9.17, 15) is 0 Å². The Morgan fingerprint density at radius 2 is 1.86 bits per heavy atom. The van der Waals surface area contributed by atoms with Crippen molar-refractivity contribution in [2.24, 2.45) is 0 Å². The molecule has 1 aromatic carbocycles. The number of hydrogen-bond donors (Lipinski definition) is 1. The topological polar surface area (TPSA) is 90.9 Å². The van der Waals surface area contributed by atoms with Gasteiger partial charge in [-0.3, -0.25) is 0 Å². The first-order chi connectivity index (χ1) is 13.7.